The predicted molar refractivity (Wildman–Crippen MR) is 60.5 cm³/mol. The zero-order valence-electron chi connectivity index (χ0n) is 8.75. The standard InChI is InChI=1S/C13H15N/c1-3-10-6-5-7-12-11(10)8-9-14-13(12)4-2/h5-9H,3-4H2,1-2H3. The van der Waals surface area contributed by atoms with Gasteiger partial charge in [-0.25, -0.2) is 0 Å². The summed E-state index contributed by atoms with van der Waals surface area (Å²) >= 11 is 0. The highest BCUT2D eigenvalue weighted by Gasteiger charge is 2.02. The first-order chi connectivity index (χ1) is 6.86. The van der Waals surface area contributed by atoms with Gasteiger partial charge >= 0.3 is 0 Å². The second-order valence-electron chi connectivity index (χ2n) is 3.48. The van der Waals surface area contributed by atoms with Crippen molar-refractivity contribution >= 4 is 10.8 Å². The number of rotatable bonds is 2. The van der Waals surface area contributed by atoms with Gasteiger partial charge in [-0.2, -0.15) is 0 Å². The molecule has 0 saturated carbocycles. The van der Waals surface area contributed by atoms with Crippen LogP contribution in [-0.2, 0) is 12.8 Å². The lowest BCUT2D eigenvalue weighted by atomic mass is 10.0. The lowest BCUT2D eigenvalue weighted by Crippen LogP contribution is -1.91. The molecule has 1 heterocycles. The number of fused-ring (bicyclic) bond motifs is 1. The quantitative estimate of drug-likeness (QED) is 0.699. The van der Waals surface area contributed by atoms with Crippen LogP contribution < -0.4 is 0 Å². The average Bonchev–Trinajstić information content (AvgIpc) is 2.27. The van der Waals surface area contributed by atoms with Gasteiger partial charge in [0.2, 0.25) is 0 Å². The number of hydrogen-bond donors (Lipinski definition) is 0. The summed E-state index contributed by atoms with van der Waals surface area (Å²) in [6, 6.07) is 8.61. The van der Waals surface area contributed by atoms with Crippen molar-refractivity contribution in [3.8, 4) is 0 Å². The van der Waals surface area contributed by atoms with Crippen LogP contribution >= 0.6 is 0 Å². The molecule has 0 aliphatic carbocycles. The number of benzene rings is 1. The molecule has 2 aromatic rings. The topological polar surface area (TPSA) is 12.9 Å². The van der Waals surface area contributed by atoms with Gasteiger partial charge in [0.1, 0.15) is 0 Å². The molecule has 1 heteroatoms. The first-order valence-corrected chi connectivity index (χ1v) is 5.22. The van der Waals surface area contributed by atoms with E-state index in [-0.39, 0.29) is 0 Å². The number of aromatic nitrogens is 1. The molecule has 0 spiro atoms. The highest BCUT2D eigenvalue weighted by Crippen LogP contribution is 2.21. The minimum Gasteiger partial charge on any atom is -0.261 e. The summed E-state index contributed by atoms with van der Waals surface area (Å²) < 4.78 is 0. The van der Waals surface area contributed by atoms with E-state index in [4.69, 9.17) is 0 Å². The monoisotopic (exact) mass is 185 g/mol. The second-order valence-corrected chi connectivity index (χ2v) is 3.48. The third-order valence-corrected chi connectivity index (χ3v) is 2.69. The molecule has 0 aliphatic heterocycles. The molecule has 0 aliphatic rings. The van der Waals surface area contributed by atoms with Crippen LogP contribution in [0.3, 0.4) is 0 Å². The summed E-state index contributed by atoms with van der Waals surface area (Å²) in [5.41, 5.74) is 2.62. The maximum atomic E-state index is 4.40. The van der Waals surface area contributed by atoms with Crippen LogP contribution in [0, 0.1) is 0 Å². The normalized spacial score (nSPS) is 10.7. The number of hydrogen-bond acceptors (Lipinski definition) is 1. The number of aryl methyl sites for hydroxylation is 2. The molecule has 1 aromatic heterocycles. The van der Waals surface area contributed by atoms with Gasteiger partial charge in [0, 0.05) is 17.3 Å². The summed E-state index contributed by atoms with van der Waals surface area (Å²) in [6.45, 7) is 4.35. The molecule has 1 aromatic carbocycles. The van der Waals surface area contributed by atoms with Crippen molar-refractivity contribution in [1.82, 2.24) is 4.98 Å². The van der Waals surface area contributed by atoms with Gasteiger partial charge in [-0.05, 0) is 29.9 Å². The summed E-state index contributed by atoms with van der Waals surface area (Å²) in [5, 5.41) is 2.68. The average molecular weight is 185 g/mol. The number of pyridine rings is 1. The van der Waals surface area contributed by atoms with Crippen LogP contribution in [0.15, 0.2) is 30.5 Å². The molecular formula is C13H15N. The lowest BCUT2D eigenvalue weighted by molar-refractivity contribution is 1.05. The second kappa shape index (κ2) is 3.79. The lowest BCUT2D eigenvalue weighted by Gasteiger charge is -2.06. The van der Waals surface area contributed by atoms with E-state index >= 15 is 0 Å². The molecule has 0 bridgehead atoms. The van der Waals surface area contributed by atoms with Gasteiger partial charge in [-0.3, -0.25) is 4.98 Å². The largest absolute Gasteiger partial charge is 0.261 e. The zero-order chi connectivity index (χ0) is 9.97. The number of nitrogens with zero attached hydrogens (tertiary/aromatic N) is 1. The van der Waals surface area contributed by atoms with E-state index in [2.05, 4.69) is 43.1 Å². The van der Waals surface area contributed by atoms with Crippen molar-refractivity contribution in [1.29, 1.82) is 0 Å². The molecule has 0 fully saturated rings. The third-order valence-electron chi connectivity index (χ3n) is 2.69. The highest BCUT2D eigenvalue weighted by molar-refractivity contribution is 5.87. The van der Waals surface area contributed by atoms with Crippen LogP contribution in [0.4, 0.5) is 0 Å². The molecule has 2 rings (SSSR count). The van der Waals surface area contributed by atoms with E-state index in [1.165, 1.54) is 22.0 Å². The molecule has 14 heavy (non-hydrogen) atoms. The van der Waals surface area contributed by atoms with Crippen molar-refractivity contribution < 1.29 is 0 Å². The fourth-order valence-electron chi connectivity index (χ4n) is 1.92. The van der Waals surface area contributed by atoms with Crippen molar-refractivity contribution in [3.05, 3.63) is 41.7 Å². The van der Waals surface area contributed by atoms with Crippen LogP contribution in [0.1, 0.15) is 25.1 Å². The van der Waals surface area contributed by atoms with Crippen LogP contribution in [0.5, 0.6) is 0 Å². The minimum atomic E-state index is 1.00. The predicted octanol–water partition coefficient (Wildman–Crippen LogP) is 3.36. The molecule has 1 nitrogen and oxygen atoms in total. The van der Waals surface area contributed by atoms with E-state index < -0.39 is 0 Å². The first-order valence-electron chi connectivity index (χ1n) is 5.22. The van der Waals surface area contributed by atoms with E-state index in [1.54, 1.807) is 0 Å². The third kappa shape index (κ3) is 1.39. The zero-order valence-corrected chi connectivity index (χ0v) is 8.75. The molecule has 0 saturated heterocycles. The van der Waals surface area contributed by atoms with E-state index in [9.17, 15) is 0 Å². The van der Waals surface area contributed by atoms with Crippen molar-refractivity contribution in [2.45, 2.75) is 26.7 Å². The molecule has 0 unspecified atom stereocenters. The van der Waals surface area contributed by atoms with Gasteiger partial charge in [0.05, 0.1) is 0 Å². The molecule has 72 valence electrons. The Balaban J connectivity index is 2.77. The van der Waals surface area contributed by atoms with E-state index in [0.29, 0.717) is 0 Å². The van der Waals surface area contributed by atoms with Crippen LogP contribution in [0.2, 0.25) is 0 Å². The molecule has 0 N–H and O–H groups in total. The van der Waals surface area contributed by atoms with Crippen molar-refractivity contribution in [3.63, 3.8) is 0 Å². The van der Waals surface area contributed by atoms with Gasteiger partial charge in [-0.1, -0.05) is 32.0 Å². The van der Waals surface area contributed by atoms with Gasteiger partial charge in [0.15, 0.2) is 0 Å². The molecule has 0 atom stereocenters. The maximum absolute atomic E-state index is 4.40. The van der Waals surface area contributed by atoms with Crippen molar-refractivity contribution in [2.75, 3.05) is 0 Å². The van der Waals surface area contributed by atoms with Gasteiger partial charge in [0.25, 0.3) is 0 Å². The Bertz CT molecular complexity index is 403. The summed E-state index contributed by atoms with van der Waals surface area (Å²) in [7, 11) is 0. The summed E-state index contributed by atoms with van der Waals surface area (Å²) in [5.74, 6) is 0. The minimum absolute atomic E-state index is 1.00. The Morgan fingerprint density at radius 2 is 1.86 bits per heavy atom. The SMILES string of the molecule is CCc1cccc2c(CC)nccc12. The Morgan fingerprint density at radius 3 is 2.57 bits per heavy atom. The smallest absolute Gasteiger partial charge is 0.0479 e. The van der Waals surface area contributed by atoms with Crippen molar-refractivity contribution in [2.24, 2.45) is 0 Å². The fraction of sp³-hybridized carbons (Fsp3) is 0.308. The Labute approximate surface area is 84.8 Å². The fourth-order valence-corrected chi connectivity index (χ4v) is 1.92. The van der Waals surface area contributed by atoms with Gasteiger partial charge < -0.3 is 0 Å². The Kier molecular flexibility index (Phi) is 2.49. The summed E-state index contributed by atoms with van der Waals surface area (Å²) in [4.78, 5) is 4.40. The Morgan fingerprint density at radius 1 is 1.00 bits per heavy atom. The molecule has 0 amide bonds. The summed E-state index contributed by atoms with van der Waals surface area (Å²) in [6.07, 6.45) is 4.01. The Hall–Kier alpha value is -1.37. The van der Waals surface area contributed by atoms with E-state index in [0.717, 1.165) is 12.8 Å². The highest BCUT2D eigenvalue weighted by atomic mass is 14.7. The van der Waals surface area contributed by atoms with Crippen LogP contribution in [0.25, 0.3) is 10.8 Å². The molecule has 0 radical (unpaired) electrons. The van der Waals surface area contributed by atoms with Gasteiger partial charge in [-0.15, -0.1) is 0 Å². The van der Waals surface area contributed by atoms with Crippen LogP contribution in [-0.4, -0.2) is 4.98 Å². The first kappa shape index (κ1) is 9.20. The maximum Gasteiger partial charge on any atom is 0.0479 e. The molecular weight excluding hydrogens is 170 g/mol. The van der Waals surface area contributed by atoms with E-state index in [1.807, 2.05) is 6.20 Å².